The number of carbonyl (C=O) groups excluding carboxylic acids is 1. The van der Waals surface area contributed by atoms with Gasteiger partial charge in [0, 0.05) is 24.4 Å². The van der Waals surface area contributed by atoms with Crippen LogP contribution in [0.3, 0.4) is 0 Å². The Morgan fingerprint density at radius 3 is 2.32 bits per heavy atom. The van der Waals surface area contributed by atoms with Crippen LogP contribution < -0.4 is 0 Å². The zero-order valence-electron chi connectivity index (χ0n) is 12.7. The van der Waals surface area contributed by atoms with Crippen LogP contribution in [0.5, 0.6) is 0 Å². The molecule has 108 valence electrons. The number of nitrogens with zero attached hydrogens (tertiary/aromatic N) is 1. The SMILES string of the molecule is CC(C)CN(CC(C)C)C(=O)CCCc1cccs1. The van der Waals surface area contributed by atoms with E-state index in [9.17, 15) is 4.79 Å². The van der Waals surface area contributed by atoms with Crippen molar-refractivity contribution in [2.75, 3.05) is 13.1 Å². The van der Waals surface area contributed by atoms with Gasteiger partial charge in [-0.15, -0.1) is 11.3 Å². The standard InChI is InChI=1S/C16H27NOS/c1-13(2)11-17(12-14(3)4)16(18)9-5-7-15-8-6-10-19-15/h6,8,10,13-14H,5,7,9,11-12H2,1-4H3. The van der Waals surface area contributed by atoms with Crippen molar-refractivity contribution in [3.05, 3.63) is 22.4 Å². The van der Waals surface area contributed by atoms with Crippen molar-refractivity contribution in [2.24, 2.45) is 11.8 Å². The molecular weight excluding hydrogens is 254 g/mol. The molecule has 0 aliphatic carbocycles. The molecule has 0 fully saturated rings. The van der Waals surface area contributed by atoms with Gasteiger partial charge >= 0.3 is 0 Å². The van der Waals surface area contributed by atoms with Crippen LogP contribution in [-0.2, 0) is 11.2 Å². The number of thiophene rings is 1. The van der Waals surface area contributed by atoms with Gasteiger partial charge in [0.15, 0.2) is 0 Å². The summed E-state index contributed by atoms with van der Waals surface area (Å²) >= 11 is 1.78. The normalized spacial score (nSPS) is 11.3. The number of hydrogen-bond acceptors (Lipinski definition) is 2. The van der Waals surface area contributed by atoms with Gasteiger partial charge in [0.1, 0.15) is 0 Å². The highest BCUT2D eigenvalue weighted by atomic mass is 32.1. The van der Waals surface area contributed by atoms with Gasteiger partial charge in [0.25, 0.3) is 0 Å². The van der Waals surface area contributed by atoms with Gasteiger partial charge in [-0.2, -0.15) is 0 Å². The smallest absolute Gasteiger partial charge is 0.222 e. The highest BCUT2D eigenvalue weighted by Gasteiger charge is 2.15. The highest BCUT2D eigenvalue weighted by Crippen LogP contribution is 2.13. The Morgan fingerprint density at radius 2 is 1.84 bits per heavy atom. The van der Waals surface area contributed by atoms with Crippen LogP contribution in [0, 0.1) is 11.8 Å². The molecule has 0 bridgehead atoms. The van der Waals surface area contributed by atoms with E-state index in [4.69, 9.17) is 0 Å². The average molecular weight is 281 g/mol. The largest absolute Gasteiger partial charge is 0.342 e. The third-order valence-corrected chi connectivity index (χ3v) is 3.85. The summed E-state index contributed by atoms with van der Waals surface area (Å²) in [5.41, 5.74) is 0. The van der Waals surface area contributed by atoms with Gasteiger partial charge in [-0.05, 0) is 36.1 Å². The maximum atomic E-state index is 12.3. The summed E-state index contributed by atoms with van der Waals surface area (Å²) in [6.07, 6.45) is 2.67. The highest BCUT2D eigenvalue weighted by molar-refractivity contribution is 7.09. The van der Waals surface area contributed by atoms with Crippen molar-refractivity contribution in [1.29, 1.82) is 0 Å². The van der Waals surface area contributed by atoms with E-state index in [1.54, 1.807) is 11.3 Å². The molecule has 0 aliphatic heterocycles. The van der Waals surface area contributed by atoms with Crippen molar-refractivity contribution in [3.63, 3.8) is 0 Å². The second-order valence-electron chi connectivity index (χ2n) is 6.02. The summed E-state index contributed by atoms with van der Waals surface area (Å²) in [5.74, 6) is 1.40. The second kappa shape index (κ2) is 8.36. The summed E-state index contributed by atoms with van der Waals surface area (Å²) in [7, 11) is 0. The zero-order chi connectivity index (χ0) is 14.3. The van der Waals surface area contributed by atoms with Gasteiger partial charge < -0.3 is 4.90 Å². The van der Waals surface area contributed by atoms with Crippen LogP contribution in [-0.4, -0.2) is 23.9 Å². The van der Waals surface area contributed by atoms with Gasteiger partial charge in [0.2, 0.25) is 5.91 Å². The van der Waals surface area contributed by atoms with Crippen molar-refractivity contribution < 1.29 is 4.79 Å². The summed E-state index contributed by atoms with van der Waals surface area (Å²) in [6, 6.07) is 4.22. The number of amides is 1. The molecule has 1 aromatic heterocycles. The molecule has 0 N–H and O–H groups in total. The first-order chi connectivity index (χ1) is 8.99. The molecule has 1 rings (SSSR count). The van der Waals surface area contributed by atoms with E-state index < -0.39 is 0 Å². The minimum Gasteiger partial charge on any atom is -0.342 e. The van der Waals surface area contributed by atoms with Crippen LogP contribution in [0.1, 0.15) is 45.4 Å². The van der Waals surface area contributed by atoms with Crippen molar-refractivity contribution in [2.45, 2.75) is 47.0 Å². The Morgan fingerprint density at radius 1 is 1.21 bits per heavy atom. The monoisotopic (exact) mass is 281 g/mol. The summed E-state index contributed by atoms with van der Waals surface area (Å²) in [6.45, 7) is 10.5. The molecule has 0 saturated heterocycles. The van der Waals surface area contributed by atoms with Gasteiger partial charge in [-0.1, -0.05) is 33.8 Å². The Balaban J connectivity index is 2.37. The average Bonchev–Trinajstić information content (AvgIpc) is 2.79. The molecular formula is C16H27NOS. The van der Waals surface area contributed by atoms with E-state index in [1.165, 1.54) is 4.88 Å². The van der Waals surface area contributed by atoms with E-state index >= 15 is 0 Å². The zero-order valence-corrected chi connectivity index (χ0v) is 13.5. The molecule has 0 aliphatic rings. The summed E-state index contributed by atoms with van der Waals surface area (Å²) < 4.78 is 0. The Hall–Kier alpha value is -0.830. The maximum Gasteiger partial charge on any atom is 0.222 e. The lowest BCUT2D eigenvalue weighted by molar-refractivity contribution is -0.132. The minimum atomic E-state index is 0.318. The molecule has 19 heavy (non-hydrogen) atoms. The molecule has 0 atom stereocenters. The minimum absolute atomic E-state index is 0.318. The maximum absolute atomic E-state index is 12.3. The second-order valence-corrected chi connectivity index (χ2v) is 7.05. The van der Waals surface area contributed by atoms with E-state index in [0.717, 1.165) is 25.9 Å². The van der Waals surface area contributed by atoms with Crippen LogP contribution in [0.15, 0.2) is 17.5 Å². The van der Waals surface area contributed by atoms with Gasteiger partial charge in [-0.3, -0.25) is 4.79 Å². The Kier molecular flexibility index (Phi) is 7.14. The van der Waals surface area contributed by atoms with Crippen LogP contribution in [0.2, 0.25) is 0 Å². The predicted molar refractivity (Wildman–Crippen MR) is 83.5 cm³/mol. The molecule has 0 saturated carbocycles. The first-order valence-corrected chi connectivity index (χ1v) is 8.17. The van der Waals surface area contributed by atoms with Crippen LogP contribution >= 0.6 is 11.3 Å². The Labute approximate surface area is 121 Å². The summed E-state index contributed by atoms with van der Waals surface area (Å²) in [5, 5.41) is 2.10. The van der Waals surface area contributed by atoms with Crippen LogP contribution in [0.25, 0.3) is 0 Å². The third kappa shape index (κ3) is 6.76. The topological polar surface area (TPSA) is 20.3 Å². The molecule has 1 heterocycles. The third-order valence-electron chi connectivity index (χ3n) is 2.92. The lowest BCUT2D eigenvalue weighted by Crippen LogP contribution is -2.36. The predicted octanol–water partition coefficient (Wildman–Crippen LogP) is 4.21. The molecule has 1 aromatic rings. The molecule has 0 radical (unpaired) electrons. The van der Waals surface area contributed by atoms with Crippen molar-refractivity contribution >= 4 is 17.2 Å². The van der Waals surface area contributed by atoms with Gasteiger partial charge in [0.05, 0.1) is 0 Å². The number of carbonyl (C=O) groups is 1. The number of rotatable bonds is 8. The first-order valence-electron chi connectivity index (χ1n) is 7.29. The lowest BCUT2D eigenvalue weighted by atomic mass is 10.1. The van der Waals surface area contributed by atoms with Gasteiger partial charge in [-0.25, -0.2) is 0 Å². The quantitative estimate of drug-likeness (QED) is 0.699. The Bertz CT molecular complexity index is 347. The molecule has 3 heteroatoms. The van der Waals surface area contributed by atoms with E-state index in [0.29, 0.717) is 24.2 Å². The number of hydrogen-bond donors (Lipinski definition) is 0. The summed E-state index contributed by atoms with van der Waals surface area (Å²) in [4.78, 5) is 15.7. The fraction of sp³-hybridized carbons (Fsp3) is 0.688. The van der Waals surface area contributed by atoms with E-state index in [2.05, 4.69) is 45.2 Å². The fourth-order valence-electron chi connectivity index (χ4n) is 2.19. The molecule has 0 aromatic carbocycles. The van der Waals surface area contributed by atoms with Crippen LogP contribution in [0.4, 0.5) is 0 Å². The van der Waals surface area contributed by atoms with Crippen molar-refractivity contribution in [3.8, 4) is 0 Å². The molecule has 0 unspecified atom stereocenters. The van der Waals surface area contributed by atoms with Crippen molar-refractivity contribution in [1.82, 2.24) is 4.90 Å². The molecule has 0 spiro atoms. The molecule has 2 nitrogen and oxygen atoms in total. The number of aryl methyl sites for hydroxylation is 1. The lowest BCUT2D eigenvalue weighted by Gasteiger charge is -2.26. The van der Waals surface area contributed by atoms with E-state index in [1.807, 2.05) is 4.90 Å². The first kappa shape index (κ1) is 16.2. The van der Waals surface area contributed by atoms with E-state index in [-0.39, 0.29) is 0 Å². The molecule has 1 amide bonds. The fourth-order valence-corrected chi connectivity index (χ4v) is 2.94.